The highest BCUT2D eigenvalue weighted by atomic mass is 16.2. The number of hydrogen-bond acceptors (Lipinski definition) is 2. The predicted molar refractivity (Wildman–Crippen MR) is 90.0 cm³/mol. The lowest BCUT2D eigenvalue weighted by Gasteiger charge is -2.36. The maximum absolute atomic E-state index is 12.9. The molecule has 2 aliphatic rings. The summed E-state index contributed by atoms with van der Waals surface area (Å²) in [5.74, 6) is 0.649. The Balaban J connectivity index is 1.78. The van der Waals surface area contributed by atoms with E-state index in [9.17, 15) is 9.59 Å². The van der Waals surface area contributed by atoms with Crippen LogP contribution in [0.25, 0.3) is 0 Å². The van der Waals surface area contributed by atoms with Gasteiger partial charge in [-0.1, -0.05) is 57.9 Å². The van der Waals surface area contributed by atoms with Crippen LogP contribution in [0.3, 0.4) is 0 Å². The molecule has 1 saturated heterocycles. The van der Waals surface area contributed by atoms with E-state index in [-0.39, 0.29) is 17.9 Å². The van der Waals surface area contributed by atoms with Crippen LogP contribution < -0.4 is 5.32 Å². The highest BCUT2D eigenvalue weighted by Crippen LogP contribution is 2.38. The fourth-order valence-corrected chi connectivity index (χ4v) is 3.83. The predicted octanol–water partition coefficient (Wildman–Crippen LogP) is 3.81. The summed E-state index contributed by atoms with van der Waals surface area (Å²) in [5.41, 5.74) is 1.61. The van der Waals surface area contributed by atoms with Gasteiger partial charge in [-0.3, -0.25) is 9.69 Å². The Hall–Kier alpha value is -1.84. The van der Waals surface area contributed by atoms with Gasteiger partial charge in [0.15, 0.2) is 0 Å². The summed E-state index contributed by atoms with van der Waals surface area (Å²) < 4.78 is 0. The van der Waals surface area contributed by atoms with Crippen molar-refractivity contribution in [3.8, 4) is 0 Å². The van der Waals surface area contributed by atoms with E-state index >= 15 is 0 Å². The van der Waals surface area contributed by atoms with Crippen LogP contribution in [0, 0.1) is 5.92 Å². The summed E-state index contributed by atoms with van der Waals surface area (Å²) in [7, 11) is 0. The molecule has 3 amide bonds. The molecule has 1 spiro atoms. The number of benzene rings is 1. The number of carbonyl (C=O) groups is 2. The Morgan fingerprint density at radius 3 is 2.52 bits per heavy atom. The van der Waals surface area contributed by atoms with Crippen molar-refractivity contribution in [2.45, 2.75) is 64.5 Å². The minimum Gasteiger partial charge on any atom is -0.323 e. The molecule has 1 heterocycles. The summed E-state index contributed by atoms with van der Waals surface area (Å²) in [6, 6.07) is 7.96. The van der Waals surface area contributed by atoms with Gasteiger partial charge in [0.2, 0.25) is 0 Å². The summed E-state index contributed by atoms with van der Waals surface area (Å²) in [5, 5.41) is 3.01. The van der Waals surface area contributed by atoms with E-state index in [1.807, 2.05) is 12.1 Å². The molecule has 2 fully saturated rings. The highest BCUT2D eigenvalue weighted by Gasteiger charge is 2.54. The van der Waals surface area contributed by atoms with Gasteiger partial charge in [0.25, 0.3) is 5.91 Å². The van der Waals surface area contributed by atoms with Crippen molar-refractivity contribution in [2.75, 3.05) is 0 Å². The second-order valence-electron chi connectivity index (χ2n) is 7.34. The Kier molecular flexibility index (Phi) is 4.17. The van der Waals surface area contributed by atoms with Crippen LogP contribution in [0.5, 0.6) is 0 Å². The van der Waals surface area contributed by atoms with Crippen molar-refractivity contribution in [3.63, 3.8) is 0 Å². The minimum atomic E-state index is -0.660. The number of rotatable bonds is 3. The number of nitrogens with one attached hydrogen (secondary N) is 1. The van der Waals surface area contributed by atoms with Gasteiger partial charge in [0, 0.05) is 0 Å². The third kappa shape index (κ3) is 2.75. The smallest absolute Gasteiger partial charge is 0.323 e. The second-order valence-corrected chi connectivity index (χ2v) is 7.34. The van der Waals surface area contributed by atoms with Crippen molar-refractivity contribution in [1.82, 2.24) is 10.2 Å². The van der Waals surface area contributed by atoms with Crippen LogP contribution in [-0.2, 0) is 11.3 Å². The largest absolute Gasteiger partial charge is 0.325 e. The molecule has 0 unspecified atom stereocenters. The average molecular weight is 314 g/mol. The molecule has 4 nitrogen and oxygen atoms in total. The van der Waals surface area contributed by atoms with Crippen LogP contribution >= 0.6 is 0 Å². The molecule has 1 aliphatic carbocycles. The van der Waals surface area contributed by atoms with Gasteiger partial charge >= 0.3 is 6.03 Å². The van der Waals surface area contributed by atoms with Crippen molar-refractivity contribution >= 4 is 11.9 Å². The van der Waals surface area contributed by atoms with Gasteiger partial charge in [-0.15, -0.1) is 0 Å². The first-order valence-electron chi connectivity index (χ1n) is 8.67. The Morgan fingerprint density at radius 1 is 1.22 bits per heavy atom. The molecule has 0 radical (unpaired) electrons. The van der Waals surface area contributed by atoms with Gasteiger partial charge < -0.3 is 5.32 Å². The Bertz CT molecular complexity index is 608. The molecule has 4 heteroatoms. The molecule has 0 bridgehead atoms. The summed E-state index contributed by atoms with van der Waals surface area (Å²) >= 11 is 0. The van der Waals surface area contributed by atoms with E-state index in [1.54, 1.807) is 0 Å². The average Bonchev–Trinajstić information content (AvgIpc) is 2.76. The van der Waals surface area contributed by atoms with E-state index in [1.165, 1.54) is 10.5 Å². The SMILES string of the molecule is CC(C)c1ccc(CN2C(=O)N[C@]3(CCCC[C@H]3C)C2=O)cc1. The zero-order valence-electron chi connectivity index (χ0n) is 14.3. The van der Waals surface area contributed by atoms with E-state index in [0.29, 0.717) is 12.5 Å². The zero-order valence-corrected chi connectivity index (χ0v) is 14.3. The maximum Gasteiger partial charge on any atom is 0.325 e. The third-order valence-electron chi connectivity index (χ3n) is 5.49. The molecule has 2 atom stereocenters. The van der Waals surface area contributed by atoms with Gasteiger partial charge in [-0.2, -0.15) is 0 Å². The highest BCUT2D eigenvalue weighted by molar-refractivity contribution is 6.07. The van der Waals surface area contributed by atoms with E-state index < -0.39 is 5.54 Å². The van der Waals surface area contributed by atoms with Gasteiger partial charge in [-0.25, -0.2) is 4.79 Å². The first kappa shape index (κ1) is 16.0. The summed E-state index contributed by atoms with van der Waals surface area (Å²) in [6.45, 7) is 6.75. The van der Waals surface area contributed by atoms with E-state index in [0.717, 1.165) is 31.2 Å². The lowest BCUT2D eigenvalue weighted by molar-refractivity contribution is -0.134. The number of imide groups is 1. The Labute approximate surface area is 138 Å². The molecule has 1 N–H and O–H groups in total. The molecule has 1 aromatic rings. The van der Waals surface area contributed by atoms with Crippen LogP contribution in [0.2, 0.25) is 0 Å². The number of nitrogens with zero attached hydrogens (tertiary/aromatic N) is 1. The van der Waals surface area contributed by atoms with Crippen LogP contribution in [0.1, 0.15) is 63.5 Å². The zero-order chi connectivity index (χ0) is 16.6. The first-order valence-corrected chi connectivity index (χ1v) is 8.67. The summed E-state index contributed by atoms with van der Waals surface area (Å²) in [6.07, 6.45) is 3.92. The maximum atomic E-state index is 12.9. The van der Waals surface area contributed by atoms with Crippen molar-refractivity contribution < 1.29 is 9.59 Å². The standard InChI is InChI=1S/C19H26N2O2/c1-13(2)16-9-7-15(8-10-16)12-21-17(22)19(20-18(21)23)11-5-4-6-14(19)3/h7-10,13-14H,4-6,11-12H2,1-3H3,(H,20,23)/t14-,19+/m1/s1. The van der Waals surface area contributed by atoms with Crippen molar-refractivity contribution in [3.05, 3.63) is 35.4 Å². The number of amides is 3. The fraction of sp³-hybridized carbons (Fsp3) is 0.579. The molecule has 1 aliphatic heterocycles. The molecular formula is C19H26N2O2. The minimum absolute atomic E-state index is 0.0392. The fourth-order valence-electron chi connectivity index (χ4n) is 3.83. The topological polar surface area (TPSA) is 49.4 Å². The lowest BCUT2D eigenvalue weighted by atomic mass is 9.73. The van der Waals surface area contributed by atoms with Gasteiger partial charge in [0.1, 0.15) is 5.54 Å². The molecule has 0 aromatic heterocycles. The molecule has 3 rings (SSSR count). The lowest BCUT2D eigenvalue weighted by Crippen LogP contribution is -2.53. The first-order chi connectivity index (χ1) is 10.9. The number of urea groups is 1. The molecule has 23 heavy (non-hydrogen) atoms. The molecule has 124 valence electrons. The third-order valence-corrected chi connectivity index (χ3v) is 5.49. The quantitative estimate of drug-likeness (QED) is 0.862. The second kappa shape index (κ2) is 5.99. The van der Waals surface area contributed by atoms with E-state index in [2.05, 4.69) is 38.2 Å². The van der Waals surface area contributed by atoms with Gasteiger partial charge in [-0.05, 0) is 35.8 Å². The number of hydrogen-bond donors (Lipinski definition) is 1. The molecule has 1 saturated carbocycles. The van der Waals surface area contributed by atoms with Crippen LogP contribution in [-0.4, -0.2) is 22.4 Å². The van der Waals surface area contributed by atoms with Crippen molar-refractivity contribution in [2.24, 2.45) is 5.92 Å². The summed E-state index contributed by atoms with van der Waals surface area (Å²) in [4.78, 5) is 26.7. The molecular weight excluding hydrogens is 288 g/mol. The van der Waals surface area contributed by atoms with Crippen molar-refractivity contribution in [1.29, 1.82) is 0 Å². The number of carbonyl (C=O) groups excluding carboxylic acids is 2. The van der Waals surface area contributed by atoms with E-state index in [4.69, 9.17) is 0 Å². The van der Waals surface area contributed by atoms with Gasteiger partial charge in [0.05, 0.1) is 6.54 Å². The molecule has 1 aromatic carbocycles. The van der Waals surface area contributed by atoms with Crippen LogP contribution in [0.15, 0.2) is 24.3 Å². The van der Waals surface area contributed by atoms with Crippen LogP contribution in [0.4, 0.5) is 4.79 Å². The monoisotopic (exact) mass is 314 g/mol. The normalized spacial score (nSPS) is 27.8. The Morgan fingerprint density at radius 2 is 1.91 bits per heavy atom.